The molecule has 0 unspecified atom stereocenters. The number of hydrogen-bond donors (Lipinski definition) is 1. The first kappa shape index (κ1) is 16.2. The van der Waals surface area contributed by atoms with Crippen molar-refractivity contribution in [3.63, 3.8) is 0 Å². The van der Waals surface area contributed by atoms with Crippen molar-refractivity contribution in [3.8, 4) is 0 Å². The lowest BCUT2D eigenvalue weighted by Crippen LogP contribution is -2.35. The van der Waals surface area contributed by atoms with Gasteiger partial charge >= 0.3 is 0 Å². The first-order valence-corrected chi connectivity index (χ1v) is 7.46. The van der Waals surface area contributed by atoms with Crippen LogP contribution in [-0.4, -0.2) is 42.5 Å². The zero-order valence-corrected chi connectivity index (χ0v) is 12.7. The lowest BCUT2D eigenvalue weighted by molar-refractivity contribution is 0.215. The Labute approximate surface area is 118 Å². The van der Waals surface area contributed by atoms with Crippen LogP contribution >= 0.6 is 0 Å². The summed E-state index contributed by atoms with van der Waals surface area (Å²) in [5.74, 6) is 0. The second-order valence-electron chi connectivity index (χ2n) is 4.87. The minimum Gasteiger partial charge on any atom is -0.326 e. The van der Waals surface area contributed by atoms with Crippen molar-refractivity contribution in [2.75, 3.05) is 32.7 Å². The highest BCUT2D eigenvalue weighted by Crippen LogP contribution is 2.11. The highest BCUT2D eigenvalue weighted by molar-refractivity contribution is 5.26. The monoisotopic (exact) mass is 263 g/mol. The SMILES string of the molecule is CCN(CC)CCN(CC)Cc1ccccc1CN. The number of rotatable bonds is 9. The molecular formula is C16H29N3. The van der Waals surface area contributed by atoms with Crippen molar-refractivity contribution >= 4 is 0 Å². The summed E-state index contributed by atoms with van der Waals surface area (Å²) in [5, 5.41) is 0. The van der Waals surface area contributed by atoms with Crippen LogP contribution in [0.25, 0.3) is 0 Å². The molecule has 1 aromatic carbocycles. The number of hydrogen-bond acceptors (Lipinski definition) is 3. The second kappa shape index (κ2) is 9.08. The first-order chi connectivity index (χ1) is 9.24. The number of benzene rings is 1. The van der Waals surface area contributed by atoms with E-state index in [0.717, 1.165) is 39.3 Å². The Balaban J connectivity index is 2.56. The predicted octanol–water partition coefficient (Wildman–Crippen LogP) is 2.31. The Bertz CT molecular complexity index is 348. The van der Waals surface area contributed by atoms with E-state index in [2.05, 4.69) is 54.8 Å². The van der Waals surface area contributed by atoms with Gasteiger partial charge in [0, 0.05) is 26.2 Å². The molecule has 0 aliphatic carbocycles. The largest absolute Gasteiger partial charge is 0.326 e. The third-order valence-electron chi connectivity index (χ3n) is 3.81. The molecule has 0 saturated carbocycles. The van der Waals surface area contributed by atoms with Crippen LogP contribution in [0, 0.1) is 0 Å². The molecule has 3 nitrogen and oxygen atoms in total. The quantitative estimate of drug-likeness (QED) is 0.742. The van der Waals surface area contributed by atoms with Crippen LogP contribution < -0.4 is 5.73 Å². The number of nitrogens with zero attached hydrogens (tertiary/aromatic N) is 2. The molecular weight excluding hydrogens is 234 g/mol. The summed E-state index contributed by atoms with van der Waals surface area (Å²) < 4.78 is 0. The third-order valence-corrected chi connectivity index (χ3v) is 3.81. The highest BCUT2D eigenvalue weighted by atomic mass is 15.2. The summed E-state index contributed by atoms with van der Waals surface area (Å²) in [6.45, 7) is 13.9. The van der Waals surface area contributed by atoms with Gasteiger partial charge in [0.05, 0.1) is 0 Å². The normalized spacial score (nSPS) is 11.5. The molecule has 0 aliphatic heterocycles. The van der Waals surface area contributed by atoms with Crippen LogP contribution in [0.3, 0.4) is 0 Å². The Morgan fingerprint density at radius 2 is 1.37 bits per heavy atom. The van der Waals surface area contributed by atoms with Crippen LogP contribution in [0.2, 0.25) is 0 Å². The first-order valence-electron chi connectivity index (χ1n) is 7.46. The zero-order chi connectivity index (χ0) is 14.1. The summed E-state index contributed by atoms with van der Waals surface area (Å²) in [7, 11) is 0. The summed E-state index contributed by atoms with van der Waals surface area (Å²) in [6.07, 6.45) is 0. The van der Waals surface area contributed by atoms with Crippen molar-refractivity contribution < 1.29 is 0 Å². The van der Waals surface area contributed by atoms with E-state index in [1.807, 2.05) is 0 Å². The van der Waals surface area contributed by atoms with Gasteiger partial charge in [0.15, 0.2) is 0 Å². The third kappa shape index (κ3) is 5.31. The molecule has 2 N–H and O–H groups in total. The van der Waals surface area contributed by atoms with Crippen LogP contribution in [0.1, 0.15) is 31.9 Å². The molecule has 0 fully saturated rings. The van der Waals surface area contributed by atoms with Crippen LogP contribution in [0.15, 0.2) is 24.3 Å². The Morgan fingerprint density at radius 3 is 1.89 bits per heavy atom. The van der Waals surface area contributed by atoms with E-state index in [1.165, 1.54) is 11.1 Å². The molecule has 0 atom stereocenters. The minimum absolute atomic E-state index is 0.629. The average molecular weight is 263 g/mol. The van der Waals surface area contributed by atoms with E-state index < -0.39 is 0 Å². The molecule has 0 bridgehead atoms. The van der Waals surface area contributed by atoms with Crippen LogP contribution in [0.4, 0.5) is 0 Å². The van der Waals surface area contributed by atoms with Gasteiger partial charge in [-0.15, -0.1) is 0 Å². The Morgan fingerprint density at radius 1 is 0.842 bits per heavy atom. The molecule has 1 aromatic rings. The van der Waals surface area contributed by atoms with E-state index in [9.17, 15) is 0 Å². The van der Waals surface area contributed by atoms with Gasteiger partial charge in [-0.2, -0.15) is 0 Å². The molecule has 0 aromatic heterocycles. The van der Waals surface area contributed by atoms with Gasteiger partial charge < -0.3 is 10.6 Å². The van der Waals surface area contributed by atoms with Crippen molar-refractivity contribution in [1.82, 2.24) is 9.80 Å². The topological polar surface area (TPSA) is 32.5 Å². The van der Waals surface area contributed by atoms with Gasteiger partial charge in [-0.3, -0.25) is 4.90 Å². The van der Waals surface area contributed by atoms with Gasteiger partial charge in [0.1, 0.15) is 0 Å². The summed E-state index contributed by atoms with van der Waals surface area (Å²) in [5.41, 5.74) is 8.44. The van der Waals surface area contributed by atoms with Gasteiger partial charge in [0.25, 0.3) is 0 Å². The molecule has 3 heteroatoms. The van der Waals surface area contributed by atoms with E-state index in [-0.39, 0.29) is 0 Å². The van der Waals surface area contributed by atoms with E-state index in [0.29, 0.717) is 6.54 Å². The summed E-state index contributed by atoms with van der Waals surface area (Å²) in [6, 6.07) is 8.50. The molecule has 0 radical (unpaired) electrons. The fraction of sp³-hybridized carbons (Fsp3) is 0.625. The van der Waals surface area contributed by atoms with Crippen molar-refractivity contribution in [1.29, 1.82) is 0 Å². The highest BCUT2D eigenvalue weighted by Gasteiger charge is 2.08. The molecule has 0 aliphatic rings. The van der Waals surface area contributed by atoms with Crippen molar-refractivity contribution in [2.45, 2.75) is 33.9 Å². The van der Waals surface area contributed by atoms with E-state index in [4.69, 9.17) is 5.73 Å². The zero-order valence-electron chi connectivity index (χ0n) is 12.7. The maximum Gasteiger partial charge on any atom is 0.0237 e. The maximum absolute atomic E-state index is 5.81. The minimum atomic E-state index is 0.629. The van der Waals surface area contributed by atoms with E-state index in [1.54, 1.807) is 0 Å². The maximum atomic E-state index is 5.81. The molecule has 0 heterocycles. The lowest BCUT2D eigenvalue weighted by Gasteiger charge is -2.26. The molecule has 1 rings (SSSR count). The summed E-state index contributed by atoms with van der Waals surface area (Å²) in [4.78, 5) is 4.96. The van der Waals surface area contributed by atoms with Crippen molar-refractivity contribution in [3.05, 3.63) is 35.4 Å². The average Bonchev–Trinajstić information content (AvgIpc) is 2.47. The smallest absolute Gasteiger partial charge is 0.0237 e. The number of nitrogens with two attached hydrogens (primary N) is 1. The summed E-state index contributed by atoms with van der Waals surface area (Å²) >= 11 is 0. The molecule has 0 saturated heterocycles. The lowest BCUT2D eigenvalue weighted by atomic mass is 10.1. The van der Waals surface area contributed by atoms with Gasteiger partial charge in [-0.25, -0.2) is 0 Å². The number of likely N-dealkylation sites (N-methyl/N-ethyl adjacent to an activating group) is 2. The van der Waals surface area contributed by atoms with Gasteiger partial charge in [-0.1, -0.05) is 45.0 Å². The molecule has 0 amide bonds. The molecule has 0 spiro atoms. The van der Waals surface area contributed by atoms with Gasteiger partial charge in [0.2, 0.25) is 0 Å². The standard InChI is InChI=1S/C16H29N3/c1-4-18(5-2)11-12-19(6-3)14-16-10-8-7-9-15(16)13-17/h7-10H,4-6,11-14,17H2,1-3H3. The predicted molar refractivity (Wildman–Crippen MR) is 83.1 cm³/mol. The second-order valence-corrected chi connectivity index (χ2v) is 4.87. The van der Waals surface area contributed by atoms with Gasteiger partial charge in [-0.05, 0) is 30.8 Å². The molecule has 19 heavy (non-hydrogen) atoms. The Hall–Kier alpha value is -0.900. The van der Waals surface area contributed by atoms with E-state index >= 15 is 0 Å². The fourth-order valence-electron chi connectivity index (χ4n) is 2.32. The van der Waals surface area contributed by atoms with Crippen LogP contribution in [-0.2, 0) is 13.1 Å². The Kier molecular flexibility index (Phi) is 7.72. The molecule has 108 valence electrons. The fourth-order valence-corrected chi connectivity index (χ4v) is 2.32. The van der Waals surface area contributed by atoms with Crippen molar-refractivity contribution in [2.24, 2.45) is 5.73 Å². The van der Waals surface area contributed by atoms with Crippen LogP contribution in [0.5, 0.6) is 0 Å².